The number of nitrogens with zero attached hydrogens (tertiary/aromatic N) is 2. The first-order chi connectivity index (χ1) is 26.3. The fourth-order valence-corrected chi connectivity index (χ4v) is 8.24. The highest BCUT2D eigenvalue weighted by atomic mass is 16.3. The van der Waals surface area contributed by atoms with E-state index in [1.165, 1.54) is 43.5 Å². The van der Waals surface area contributed by atoms with E-state index in [-0.39, 0.29) is 0 Å². The predicted octanol–water partition coefficient (Wildman–Crippen LogP) is 14.1. The first-order valence-corrected chi connectivity index (χ1v) is 18.1. The number of rotatable bonds is 5. The molecule has 0 aliphatic rings. The quantitative estimate of drug-likeness (QED) is 0.181. The zero-order valence-electron chi connectivity index (χ0n) is 28.8. The van der Waals surface area contributed by atoms with Crippen LogP contribution in [0.3, 0.4) is 0 Å². The SMILES string of the molecule is c1ccc(-n2c3ccccc3c3ccc(-c4ccc(N(c5ccc6ccccc6c5)c5cccc6c5oc5c7ccccc7ccc65)cc4)cc32)cc1. The van der Waals surface area contributed by atoms with Crippen LogP contribution in [0.5, 0.6) is 0 Å². The number of anilines is 3. The van der Waals surface area contributed by atoms with E-state index in [4.69, 9.17) is 4.42 Å². The van der Waals surface area contributed by atoms with Crippen LogP contribution in [0.1, 0.15) is 0 Å². The van der Waals surface area contributed by atoms with Gasteiger partial charge in [0.1, 0.15) is 5.58 Å². The molecular formula is C50H32N2O. The molecule has 53 heavy (non-hydrogen) atoms. The van der Waals surface area contributed by atoms with E-state index >= 15 is 0 Å². The van der Waals surface area contributed by atoms with Gasteiger partial charge >= 0.3 is 0 Å². The van der Waals surface area contributed by atoms with Crippen LogP contribution in [0.25, 0.3) is 82.1 Å². The summed E-state index contributed by atoms with van der Waals surface area (Å²) in [5, 5.41) is 9.43. The third-order valence-electron chi connectivity index (χ3n) is 10.7. The normalized spacial score (nSPS) is 11.8. The molecule has 0 radical (unpaired) electrons. The van der Waals surface area contributed by atoms with Crippen molar-refractivity contribution in [3.8, 4) is 16.8 Å². The van der Waals surface area contributed by atoms with Crippen molar-refractivity contribution in [2.75, 3.05) is 4.90 Å². The first-order valence-electron chi connectivity index (χ1n) is 18.1. The Labute approximate surface area is 306 Å². The third kappa shape index (κ3) is 4.68. The van der Waals surface area contributed by atoms with Gasteiger partial charge in [-0.3, -0.25) is 0 Å². The zero-order valence-corrected chi connectivity index (χ0v) is 28.8. The molecule has 0 spiro atoms. The molecule has 0 saturated carbocycles. The molecule has 9 aromatic carbocycles. The van der Waals surface area contributed by atoms with Gasteiger partial charge in [0.25, 0.3) is 0 Å². The monoisotopic (exact) mass is 676 g/mol. The average molecular weight is 677 g/mol. The van der Waals surface area contributed by atoms with Crippen molar-refractivity contribution in [2.45, 2.75) is 0 Å². The highest BCUT2D eigenvalue weighted by Gasteiger charge is 2.21. The summed E-state index contributed by atoms with van der Waals surface area (Å²) >= 11 is 0. The minimum atomic E-state index is 0.871. The van der Waals surface area contributed by atoms with Crippen LogP contribution in [-0.2, 0) is 0 Å². The van der Waals surface area contributed by atoms with Crippen molar-refractivity contribution >= 4 is 82.4 Å². The van der Waals surface area contributed by atoms with Gasteiger partial charge in [-0.25, -0.2) is 0 Å². The van der Waals surface area contributed by atoms with Gasteiger partial charge in [-0.15, -0.1) is 0 Å². The van der Waals surface area contributed by atoms with Crippen molar-refractivity contribution in [1.29, 1.82) is 0 Å². The summed E-state index contributed by atoms with van der Waals surface area (Å²) in [5.74, 6) is 0. The summed E-state index contributed by atoms with van der Waals surface area (Å²) in [6.45, 7) is 0. The van der Waals surface area contributed by atoms with Crippen molar-refractivity contribution in [2.24, 2.45) is 0 Å². The van der Waals surface area contributed by atoms with Gasteiger partial charge in [0, 0.05) is 44.0 Å². The summed E-state index contributed by atoms with van der Waals surface area (Å²) < 4.78 is 9.25. The molecule has 0 saturated heterocycles. The number of para-hydroxylation sites is 3. The number of hydrogen-bond acceptors (Lipinski definition) is 2. The number of benzene rings is 9. The highest BCUT2D eigenvalue weighted by Crippen LogP contribution is 2.44. The largest absolute Gasteiger partial charge is 0.453 e. The van der Waals surface area contributed by atoms with E-state index in [0.29, 0.717) is 0 Å². The topological polar surface area (TPSA) is 21.3 Å². The second-order valence-electron chi connectivity index (χ2n) is 13.8. The van der Waals surface area contributed by atoms with Crippen LogP contribution in [-0.4, -0.2) is 4.57 Å². The second-order valence-corrected chi connectivity index (χ2v) is 13.8. The Morgan fingerprint density at radius 3 is 1.85 bits per heavy atom. The van der Waals surface area contributed by atoms with E-state index in [9.17, 15) is 0 Å². The summed E-state index contributed by atoms with van der Waals surface area (Å²) in [5.41, 5.74) is 10.8. The molecule has 0 amide bonds. The summed E-state index contributed by atoms with van der Waals surface area (Å²) in [6, 6.07) is 69.7. The van der Waals surface area contributed by atoms with Gasteiger partial charge < -0.3 is 13.9 Å². The number of furan rings is 1. The molecule has 11 rings (SSSR count). The van der Waals surface area contributed by atoms with E-state index in [2.05, 4.69) is 204 Å². The maximum Gasteiger partial charge on any atom is 0.159 e. The smallest absolute Gasteiger partial charge is 0.159 e. The first kappa shape index (κ1) is 29.6. The molecule has 0 aliphatic heterocycles. The lowest BCUT2D eigenvalue weighted by atomic mass is 10.0. The van der Waals surface area contributed by atoms with Gasteiger partial charge in [0.05, 0.1) is 16.7 Å². The average Bonchev–Trinajstić information content (AvgIpc) is 3.78. The minimum Gasteiger partial charge on any atom is -0.453 e. The molecule has 248 valence electrons. The van der Waals surface area contributed by atoms with Crippen LogP contribution >= 0.6 is 0 Å². The molecule has 0 fully saturated rings. The summed E-state index contributed by atoms with van der Waals surface area (Å²) in [4.78, 5) is 2.33. The lowest BCUT2D eigenvalue weighted by Gasteiger charge is -2.26. The van der Waals surface area contributed by atoms with E-state index in [0.717, 1.165) is 55.6 Å². The molecule has 2 heterocycles. The summed E-state index contributed by atoms with van der Waals surface area (Å²) in [7, 11) is 0. The Bertz CT molecular complexity index is 3170. The molecular weight excluding hydrogens is 645 g/mol. The fraction of sp³-hybridized carbons (Fsp3) is 0. The number of aromatic nitrogens is 1. The van der Waals surface area contributed by atoms with E-state index in [1.807, 2.05) is 0 Å². The van der Waals surface area contributed by atoms with Gasteiger partial charge in [0.15, 0.2) is 5.58 Å². The summed E-state index contributed by atoms with van der Waals surface area (Å²) in [6.07, 6.45) is 0. The van der Waals surface area contributed by atoms with Crippen molar-refractivity contribution in [3.05, 3.63) is 194 Å². The third-order valence-corrected chi connectivity index (χ3v) is 10.7. The Morgan fingerprint density at radius 2 is 0.981 bits per heavy atom. The Hall–Kier alpha value is -7.10. The number of hydrogen-bond donors (Lipinski definition) is 0. The van der Waals surface area contributed by atoms with Crippen molar-refractivity contribution in [1.82, 2.24) is 4.57 Å². The minimum absolute atomic E-state index is 0.871. The molecule has 2 aromatic heterocycles. The van der Waals surface area contributed by atoms with Crippen LogP contribution in [0.4, 0.5) is 17.1 Å². The van der Waals surface area contributed by atoms with E-state index < -0.39 is 0 Å². The molecule has 3 nitrogen and oxygen atoms in total. The van der Waals surface area contributed by atoms with Crippen LogP contribution in [0, 0.1) is 0 Å². The van der Waals surface area contributed by atoms with Gasteiger partial charge in [-0.1, -0.05) is 133 Å². The Morgan fingerprint density at radius 1 is 0.358 bits per heavy atom. The van der Waals surface area contributed by atoms with Crippen molar-refractivity contribution < 1.29 is 4.42 Å². The number of fused-ring (bicyclic) bond motifs is 9. The lowest BCUT2D eigenvalue weighted by Crippen LogP contribution is -2.10. The molecule has 0 N–H and O–H groups in total. The molecule has 0 bridgehead atoms. The van der Waals surface area contributed by atoms with Gasteiger partial charge in [-0.05, 0) is 87.9 Å². The lowest BCUT2D eigenvalue weighted by molar-refractivity contribution is 0.673. The van der Waals surface area contributed by atoms with Gasteiger partial charge in [-0.2, -0.15) is 0 Å². The second kappa shape index (κ2) is 11.7. The Kier molecular flexibility index (Phi) is 6.55. The van der Waals surface area contributed by atoms with Crippen LogP contribution < -0.4 is 4.90 Å². The molecule has 0 atom stereocenters. The van der Waals surface area contributed by atoms with Crippen LogP contribution in [0.15, 0.2) is 199 Å². The maximum atomic E-state index is 6.87. The highest BCUT2D eigenvalue weighted by molar-refractivity contribution is 6.17. The molecule has 3 heteroatoms. The van der Waals surface area contributed by atoms with Gasteiger partial charge in [0.2, 0.25) is 0 Å². The van der Waals surface area contributed by atoms with E-state index in [1.54, 1.807) is 0 Å². The fourth-order valence-electron chi connectivity index (χ4n) is 8.24. The zero-order chi connectivity index (χ0) is 34.9. The van der Waals surface area contributed by atoms with Crippen LogP contribution in [0.2, 0.25) is 0 Å². The predicted molar refractivity (Wildman–Crippen MR) is 223 cm³/mol. The molecule has 0 unspecified atom stereocenters. The van der Waals surface area contributed by atoms with Crippen molar-refractivity contribution in [3.63, 3.8) is 0 Å². The standard InChI is InChI=1S/C50H32N2O/c1-2-14-38(15-3-1)52-46-19-9-8-17-42(46)43-29-25-37(32-48(43)52)34-21-26-39(27-22-34)51(40-28-23-33-11-4-5-13-36(33)31-40)47-20-10-18-44-45-30-24-35-12-6-7-16-41(35)49(45)53-50(44)47/h1-32H. The Balaban J connectivity index is 1.08. The molecule has 0 aliphatic carbocycles. The molecule has 11 aromatic rings. The maximum absolute atomic E-state index is 6.87.